The molecule has 0 amide bonds. The highest BCUT2D eigenvalue weighted by Crippen LogP contribution is 2.41. The third-order valence-electron chi connectivity index (χ3n) is 4.85. The quantitative estimate of drug-likeness (QED) is 0.366. The van der Waals surface area contributed by atoms with E-state index in [1.54, 1.807) is 30.2 Å². The minimum absolute atomic E-state index is 0.536. The van der Waals surface area contributed by atoms with E-state index in [4.69, 9.17) is 9.72 Å². The molecule has 0 saturated heterocycles. The van der Waals surface area contributed by atoms with Crippen LogP contribution in [0.2, 0.25) is 0 Å². The van der Waals surface area contributed by atoms with Gasteiger partial charge in [-0.25, -0.2) is 4.98 Å². The molecule has 0 atom stereocenters. The lowest BCUT2D eigenvalue weighted by atomic mass is 10.2. The molecule has 5 nitrogen and oxygen atoms in total. The molecule has 4 aromatic rings. The minimum atomic E-state index is 0.536. The lowest BCUT2D eigenvalue weighted by molar-refractivity contribution is 0.416. The van der Waals surface area contributed by atoms with Crippen LogP contribution in [0.15, 0.2) is 65.1 Å². The van der Waals surface area contributed by atoms with Crippen molar-refractivity contribution < 1.29 is 4.74 Å². The van der Waals surface area contributed by atoms with Crippen molar-refractivity contribution >= 4 is 23.1 Å². The van der Waals surface area contributed by atoms with Crippen LogP contribution in [0.5, 0.6) is 5.75 Å². The monoisotopic (exact) mass is 420 g/mol. The fourth-order valence-corrected chi connectivity index (χ4v) is 5.06. The summed E-state index contributed by atoms with van der Waals surface area (Å²) >= 11 is 3.32. The first-order valence-corrected chi connectivity index (χ1v) is 11.4. The molecule has 2 aromatic heterocycles. The van der Waals surface area contributed by atoms with E-state index in [2.05, 4.69) is 44.4 Å². The van der Waals surface area contributed by atoms with Gasteiger partial charge < -0.3 is 4.74 Å². The van der Waals surface area contributed by atoms with Gasteiger partial charge in [-0.2, -0.15) is 0 Å². The molecule has 5 rings (SSSR count). The van der Waals surface area contributed by atoms with Crippen LogP contribution in [0, 0.1) is 0 Å². The average molecular weight is 421 g/mol. The maximum atomic E-state index is 5.47. The van der Waals surface area contributed by atoms with Crippen molar-refractivity contribution in [2.75, 3.05) is 7.11 Å². The van der Waals surface area contributed by atoms with Crippen molar-refractivity contribution in [3.8, 4) is 22.0 Å². The van der Waals surface area contributed by atoms with Crippen molar-refractivity contribution in [2.45, 2.75) is 29.7 Å². The van der Waals surface area contributed by atoms with Gasteiger partial charge in [-0.15, -0.1) is 21.5 Å². The van der Waals surface area contributed by atoms with Crippen LogP contribution in [0.3, 0.4) is 0 Å². The van der Waals surface area contributed by atoms with Crippen LogP contribution in [-0.4, -0.2) is 26.9 Å². The highest BCUT2D eigenvalue weighted by atomic mass is 32.2. The van der Waals surface area contributed by atoms with Gasteiger partial charge in [0.25, 0.3) is 0 Å². The third kappa shape index (κ3) is 3.80. The third-order valence-corrected chi connectivity index (χ3v) is 6.74. The van der Waals surface area contributed by atoms with Gasteiger partial charge in [-0.1, -0.05) is 42.1 Å². The Labute approximate surface area is 177 Å². The second-order valence-corrected chi connectivity index (χ2v) is 8.72. The molecule has 0 radical (unpaired) electrons. The predicted molar refractivity (Wildman–Crippen MR) is 117 cm³/mol. The smallest absolute Gasteiger partial charge is 0.196 e. The van der Waals surface area contributed by atoms with Gasteiger partial charge in [0, 0.05) is 22.7 Å². The normalized spacial score (nSPS) is 13.6. The summed E-state index contributed by atoms with van der Waals surface area (Å²) in [5.41, 5.74) is 3.19. The van der Waals surface area contributed by atoms with Gasteiger partial charge in [0.1, 0.15) is 16.6 Å². The molecule has 1 saturated carbocycles. The zero-order valence-corrected chi connectivity index (χ0v) is 17.6. The first-order valence-electron chi connectivity index (χ1n) is 9.55. The van der Waals surface area contributed by atoms with E-state index in [0.29, 0.717) is 5.92 Å². The number of ether oxygens (including phenoxy) is 1. The Kier molecular flexibility index (Phi) is 5.08. The SMILES string of the molecule is COc1ccccc1-c1nc(CSc2nnc(C3CC3)n2-c2ccccc2)cs1. The summed E-state index contributed by atoms with van der Waals surface area (Å²) in [6, 6.07) is 18.4. The number of methoxy groups -OCH3 is 1. The summed E-state index contributed by atoms with van der Waals surface area (Å²) in [7, 11) is 1.69. The summed E-state index contributed by atoms with van der Waals surface area (Å²) in [5, 5.41) is 13.0. The molecule has 0 N–H and O–H groups in total. The highest BCUT2D eigenvalue weighted by Gasteiger charge is 2.31. The molecule has 0 spiro atoms. The van der Waals surface area contributed by atoms with Crippen molar-refractivity contribution in [3.63, 3.8) is 0 Å². The Morgan fingerprint density at radius 1 is 1.07 bits per heavy atom. The zero-order valence-electron chi connectivity index (χ0n) is 16.0. The first kappa shape index (κ1) is 18.4. The fourth-order valence-electron chi connectivity index (χ4n) is 3.26. The number of hydrogen-bond donors (Lipinski definition) is 0. The Hall–Kier alpha value is -2.64. The fraction of sp³-hybridized carbons (Fsp3) is 0.227. The van der Waals surface area contributed by atoms with E-state index in [1.807, 2.05) is 30.3 Å². The van der Waals surface area contributed by atoms with E-state index in [0.717, 1.165) is 44.4 Å². The average Bonchev–Trinajstić information content (AvgIpc) is 3.36. The molecule has 2 heterocycles. The molecule has 1 fully saturated rings. The zero-order chi connectivity index (χ0) is 19.6. The maximum Gasteiger partial charge on any atom is 0.196 e. The molecular weight excluding hydrogens is 400 g/mol. The van der Waals surface area contributed by atoms with E-state index in [9.17, 15) is 0 Å². The number of para-hydroxylation sites is 2. The number of thioether (sulfide) groups is 1. The van der Waals surface area contributed by atoms with Crippen LogP contribution in [0.25, 0.3) is 16.3 Å². The number of hydrogen-bond acceptors (Lipinski definition) is 6. The number of nitrogens with zero attached hydrogens (tertiary/aromatic N) is 4. The maximum absolute atomic E-state index is 5.47. The van der Waals surface area contributed by atoms with Crippen LogP contribution in [0.1, 0.15) is 30.3 Å². The largest absolute Gasteiger partial charge is 0.496 e. The number of rotatable bonds is 7. The van der Waals surface area contributed by atoms with E-state index >= 15 is 0 Å². The Morgan fingerprint density at radius 3 is 2.66 bits per heavy atom. The van der Waals surface area contributed by atoms with Crippen molar-refractivity contribution in [1.29, 1.82) is 0 Å². The van der Waals surface area contributed by atoms with Gasteiger partial charge in [-0.3, -0.25) is 4.57 Å². The molecule has 0 unspecified atom stereocenters. The first-order chi connectivity index (χ1) is 14.3. The van der Waals surface area contributed by atoms with Crippen molar-refractivity contribution in [1.82, 2.24) is 19.7 Å². The Bertz CT molecular complexity index is 1120. The second kappa shape index (κ2) is 8.00. The molecule has 146 valence electrons. The highest BCUT2D eigenvalue weighted by molar-refractivity contribution is 7.98. The molecule has 0 bridgehead atoms. The number of aromatic nitrogens is 4. The van der Waals surface area contributed by atoms with E-state index in [-0.39, 0.29) is 0 Å². The summed E-state index contributed by atoms with van der Waals surface area (Å²) in [4.78, 5) is 4.82. The number of benzene rings is 2. The Balaban J connectivity index is 1.38. The van der Waals surface area contributed by atoms with E-state index < -0.39 is 0 Å². The number of thiazole rings is 1. The van der Waals surface area contributed by atoms with Gasteiger partial charge in [-0.05, 0) is 37.1 Å². The lowest BCUT2D eigenvalue weighted by Crippen LogP contribution is -2.01. The molecule has 1 aliphatic rings. The minimum Gasteiger partial charge on any atom is -0.496 e. The summed E-state index contributed by atoms with van der Waals surface area (Å²) < 4.78 is 7.68. The molecule has 1 aliphatic carbocycles. The predicted octanol–water partition coefficient (Wildman–Crippen LogP) is 5.57. The van der Waals surface area contributed by atoms with E-state index in [1.165, 1.54) is 12.8 Å². The van der Waals surface area contributed by atoms with Crippen LogP contribution in [0.4, 0.5) is 0 Å². The molecular formula is C22H20N4OS2. The van der Waals surface area contributed by atoms with Gasteiger partial charge in [0.2, 0.25) is 0 Å². The van der Waals surface area contributed by atoms with Gasteiger partial charge in [0.05, 0.1) is 18.4 Å². The molecule has 0 aliphatic heterocycles. The molecule has 29 heavy (non-hydrogen) atoms. The molecule has 7 heteroatoms. The lowest BCUT2D eigenvalue weighted by Gasteiger charge is -2.09. The topological polar surface area (TPSA) is 52.8 Å². The Morgan fingerprint density at radius 2 is 1.86 bits per heavy atom. The summed E-state index contributed by atoms with van der Waals surface area (Å²) in [6.45, 7) is 0. The van der Waals surface area contributed by atoms with Crippen LogP contribution in [-0.2, 0) is 5.75 Å². The van der Waals surface area contributed by atoms with Crippen LogP contribution >= 0.6 is 23.1 Å². The summed E-state index contributed by atoms with van der Waals surface area (Å²) in [6.07, 6.45) is 2.40. The van der Waals surface area contributed by atoms with Gasteiger partial charge in [0.15, 0.2) is 5.16 Å². The van der Waals surface area contributed by atoms with Gasteiger partial charge >= 0.3 is 0 Å². The standard InChI is InChI=1S/C22H20N4OS2/c1-27-19-10-6-5-9-18(19)21-23-16(13-28-21)14-29-22-25-24-20(15-11-12-15)26(22)17-7-3-2-4-8-17/h2-10,13,15H,11-12,14H2,1H3. The molecule has 2 aromatic carbocycles. The summed E-state index contributed by atoms with van der Waals surface area (Å²) in [5.74, 6) is 3.21. The van der Waals surface area contributed by atoms with Crippen molar-refractivity contribution in [2.24, 2.45) is 0 Å². The second-order valence-electron chi connectivity index (χ2n) is 6.92. The van der Waals surface area contributed by atoms with Crippen molar-refractivity contribution in [3.05, 3.63) is 71.5 Å². The van der Waals surface area contributed by atoms with Crippen LogP contribution < -0.4 is 4.74 Å².